The molecule has 0 amide bonds. The van der Waals surface area contributed by atoms with Crippen molar-refractivity contribution >= 4 is 11.8 Å². The Bertz CT molecular complexity index is 779. The molecule has 0 atom stereocenters. The number of benzene rings is 1. The lowest BCUT2D eigenvalue weighted by molar-refractivity contribution is 0.0587. The molecular formula is C19H23FN2O3. The van der Waals surface area contributed by atoms with Gasteiger partial charge in [-0.1, -0.05) is 12.1 Å². The lowest BCUT2D eigenvalue weighted by atomic mass is 10.1. The van der Waals surface area contributed by atoms with Crippen molar-refractivity contribution in [3.63, 3.8) is 0 Å². The molecule has 2 rings (SSSR count). The molecule has 134 valence electrons. The van der Waals surface area contributed by atoms with Crippen LogP contribution in [0.15, 0.2) is 24.3 Å². The van der Waals surface area contributed by atoms with Crippen LogP contribution in [0.25, 0.3) is 0 Å². The van der Waals surface area contributed by atoms with Crippen molar-refractivity contribution in [2.45, 2.75) is 33.9 Å². The van der Waals surface area contributed by atoms with Gasteiger partial charge in [0, 0.05) is 24.3 Å². The lowest BCUT2D eigenvalue weighted by Gasteiger charge is -2.07. The Morgan fingerprint density at radius 2 is 1.84 bits per heavy atom. The summed E-state index contributed by atoms with van der Waals surface area (Å²) >= 11 is 0. The Balaban J connectivity index is 2.14. The van der Waals surface area contributed by atoms with E-state index < -0.39 is 5.97 Å². The second-order valence-corrected chi connectivity index (χ2v) is 5.82. The van der Waals surface area contributed by atoms with Crippen molar-refractivity contribution in [3.05, 3.63) is 58.2 Å². The molecule has 0 radical (unpaired) electrons. The maximum absolute atomic E-state index is 12.9. The highest BCUT2D eigenvalue weighted by atomic mass is 19.1. The maximum atomic E-state index is 12.9. The molecule has 0 unspecified atom stereocenters. The fraction of sp³-hybridized carbons (Fsp3) is 0.368. The number of hydrogen-bond acceptors (Lipinski definition) is 4. The highest BCUT2D eigenvalue weighted by molar-refractivity contribution is 6.03. The van der Waals surface area contributed by atoms with Gasteiger partial charge in [0.1, 0.15) is 11.5 Å². The molecule has 0 saturated carbocycles. The number of hydrogen-bond donors (Lipinski definition) is 1. The Morgan fingerprint density at radius 3 is 2.40 bits per heavy atom. The van der Waals surface area contributed by atoms with Crippen LogP contribution in [0.3, 0.4) is 0 Å². The first-order valence-electron chi connectivity index (χ1n) is 8.17. The number of halogens is 1. The minimum Gasteiger partial charge on any atom is -0.464 e. The monoisotopic (exact) mass is 346 g/mol. The first-order valence-corrected chi connectivity index (χ1v) is 8.17. The summed E-state index contributed by atoms with van der Waals surface area (Å²) in [6.07, 6.45) is 0. The average molecular weight is 346 g/mol. The van der Waals surface area contributed by atoms with Crippen molar-refractivity contribution in [1.29, 1.82) is 0 Å². The summed E-state index contributed by atoms with van der Waals surface area (Å²) in [5.74, 6) is -0.822. The summed E-state index contributed by atoms with van der Waals surface area (Å²) in [4.78, 5) is 24.7. The van der Waals surface area contributed by atoms with Crippen LogP contribution in [0.1, 0.15) is 44.6 Å². The highest BCUT2D eigenvalue weighted by Crippen LogP contribution is 2.23. The minimum atomic E-state index is -0.444. The van der Waals surface area contributed by atoms with Crippen molar-refractivity contribution in [3.8, 4) is 0 Å². The van der Waals surface area contributed by atoms with E-state index >= 15 is 0 Å². The topological polar surface area (TPSA) is 60.3 Å². The molecule has 5 nitrogen and oxygen atoms in total. The molecule has 0 aliphatic heterocycles. The van der Waals surface area contributed by atoms with Crippen molar-refractivity contribution in [1.82, 2.24) is 9.88 Å². The first kappa shape index (κ1) is 18.9. The molecule has 1 aromatic carbocycles. The molecule has 1 N–H and O–H groups in total. The Kier molecular flexibility index (Phi) is 6.09. The van der Waals surface area contributed by atoms with Crippen LogP contribution in [0.2, 0.25) is 0 Å². The molecule has 0 spiro atoms. The molecule has 0 fully saturated rings. The van der Waals surface area contributed by atoms with Gasteiger partial charge in [-0.25, -0.2) is 9.18 Å². The Morgan fingerprint density at radius 1 is 1.20 bits per heavy atom. The number of rotatable bonds is 7. The van der Waals surface area contributed by atoms with Gasteiger partial charge in [0.2, 0.25) is 0 Å². The van der Waals surface area contributed by atoms with Crippen LogP contribution in [0, 0.1) is 19.7 Å². The molecule has 0 aliphatic rings. The van der Waals surface area contributed by atoms with Gasteiger partial charge in [-0.3, -0.25) is 4.79 Å². The molecule has 6 heteroatoms. The summed E-state index contributed by atoms with van der Waals surface area (Å²) in [5, 5.41) is 3.07. The number of aromatic nitrogens is 1. The predicted molar refractivity (Wildman–Crippen MR) is 93.4 cm³/mol. The zero-order valence-electron chi connectivity index (χ0n) is 15.0. The van der Waals surface area contributed by atoms with E-state index in [1.165, 1.54) is 19.2 Å². The van der Waals surface area contributed by atoms with Crippen LogP contribution in [0.5, 0.6) is 0 Å². The Hall–Kier alpha value is -2.47. The van der Waals surface area contributed by atoms with Crippen LogP contribution >= 0.6 is 0 Å². The molecule has 1 heterocycles. The second-order valence-electron chi connectivity index (χ2n) is 5.82. The van der Waals surface area contributed by atoms with E-state index in [0.29, 0.717) is 29.9 Å². The summed E-state index contributed by atoms with van der Waals surface area (Å²) in [7, 11) is 1.33. The Labute approximate surface area is 146 Å². The van der Waals surface area contributed by atoms with Crippen molar-refractivity contribution in [2.75, 3.05) is 13.7 Å². The van der Waals surface area contributed by atoms with E-state index in [1.54, 1.807) is 23.6 Å². The smallest absolute Gasteiger partial charge is 0.354 e. The highest BCUT2D eigenvalue weighted by Gasteiger charge is 2.25. The number of carbonyl (C=O) groups is 2. The van der Waals surface area contributed by atoms with Gasteiger partial charge in [-0.15, -0.1) is 0 Å². The second kappa shape index (κ2) is 8.07. The van der Waals surface area contributed by atoms with E-state index in [9.17, 15) is 14.0 Å². The minimum absolute atomic E-state index is 0.0885. The van der Waals surface area contributed by atoms with Gasteiger partial charge in [-0.05, 0) is 44.0 Å². The fourth-order valence-corrected chi connectivity index (χ4v) is 3.07. The normalized spacial score (nSPS) is 10.8. The van der Waals surface area contributed by atoms with Crippen molar-refractivity contribution in [2.24, 2.45) is 0 Å². The fourth-order valence-electron chi connectivity index (χ4n) is 3.07. The number of ether oxygens (including phenoxy) is 1. The third-order valence-electron chi connectivity index (χ3n) is 4.27. The number of methoxy groups -OCH3 is 1. The molecular weight excluding hydrogens is 323 g/mol. The average Bonchev–Trinajstić information content (AvgIpc) is 2.85. The zero-order valence-corrected chi connectivity index (χ0v) is 15.0. The predicted octanol–water partition coefficient (Wildman–Crippen LogP) is 3.02. The van der Waals surface area contributed by atoms with Crippen LogP contribution in [-0.4, -0.2) is 30.0 Å². The molecule has 0 aliphatic carbocycles. The van der Waals surface area contributed by atoms with Crippen LogP contribution in [0.4, 0.5) is 4.39 Å². The largest absolute Gasteiger partial charge is 0.464 e. The molecule has 0 saturated heterocycles. The number of Topliss-reactive ketones (excluding diaryl/α,β-unsaturated/α-hetero) is 1. The van der Waals surface area contributed by atoms with Crippen molar-refractivity contribution < 1.29 is 18.7 Å². The number of esters is 1. The standard InChI is InChI=1S/C19H23FN2O3/c1-5-22-13(3)17(12(2)18(22)19(24)25-4)16(23)11-21-10-14-6-8-15(20)9-7-14/h6-9,21H,5,10-11H2,1-4H3. The van der Waals surface area contributed by atoms with Gasteiger partial charge in [-0.2, -0.15) is 0 Å². The maximum Gasteiger partial charge on any atom is 0.354 e. The summed E-state index contributed by atoms with van der Waals surface area (Å²) < 4.78 is 19.5. The third-order valence-corrected chi connectivity index (χ3v) is 4.27. The summed E-state index contributed by atoms with van der Waals surface area (Å²) in [6.45, 7) is 6.68. The number of nitrogens with zero attached hydrogens (tertiary/aromatic N) is 1. The number of nitrogens with one attached hydrogen (secondary N) is 1. The quantitative estimate of drug-likeness (QED) is 0.618. The third kappa shape index (κ3) is 3.96. The van der Waals surface area contributed by atoms with Gasteiger partial charge in [0.15, 0.2) is 5.78 Å². The number of ketones is 1. The molecule has 0 bridgehead atoms. The summed E-state index contributed by atoms with van der Waals surface area (Å²) in [5.41, 5.74) is 3.26. The summed E-state index contributed by atoms with van der Waals surface area (Å²) in [6, 6.07) is 6.12. The van der Waals surface area contributed by atoms with Gasteiger partial charge < -0.3 is 14.6 Å². The van der Waals surface area contributed by atoms with Gasteiger partial charge in [0.05, 0.1) is 13.7 Å². The zero-order chi connectivity index (χ0) is 18.6. The molecule has 25 heavy (non-hydrogen) atoms. The van der Waals surface area contributed by atoms with E-state index in [0.717, 1.165) is 11.3 Å². The number of carbonyl (C=O) groups excluding carboxylic acids is 2. The van der Waals surface area contributed by atoms with Crippen LogP contribution < -0.4 is 5.32 Å². The van der Waals surface area contributed by atoms with Gasteiger partial charge in [0.25, 0.3) is 0 Å². The van der Waals surface area contributed by atoms with Gasteiger partial charge >= 0.3 is 5.97 Å². The lowest BCUT2D eigenvalue weighted by Crippen LogP contribution is -2.23. The first-order chi connectivity index (χ1) is 11.9. The van der Waals surface area contributed by atoms with E-state index in [4.69, 9.17) is 4.74 Å². The van der Waals surface area contributed by atoms with E-state index in [-0.39, 0.29) is 18.1 Å². The van der Waals surface area contributed by atoms with E-state index in [1.807, 2.05) is 13.8 Å². The SMILES string of the molecule is CCn1c(C)c(C(=O)CNCc2ccc(F)cc2)c(C)c1C(=O)OC. The van der Waals surface area contributed by atoms with E-state index in [2.05, 4.69) is 5.32 Å². The molecule has 1 aromatic heterocycles. The molecule has 2 aromatic rings. The van der Waals surface area contributed by atoms with Crippen LogP contribution in [-0.2, 0) is 17.8 Å².